The average Bonchev–Trinajstić information content (AvgIpc) is 4.01. The molecule has 0 spiro atoms. The Labute approximate surface area is 407 Å². The number of carbonyl (C=O) groups is 5. The summed E-state index contributed by atoms with van der Waals surface area (Å²) in [5.41, 5.74) is 0.782. The number of esters is 5. The van der Waals surface area contributed by atoms with E-state index in [0.717, 1.165) is 0 Å². The van der Waals surface area contributed by atoms with Gasteiger partial charge in [-0.05, 0) is 60.7 Å². The molecule has 0 aromatic heterocycles. The highest BCUT2D eigenvalue weighted by molar-refractivity contribution is 5.92. The van der Waals surface area contributed by atoms with E-state index < -0.39 is 123 Å². The zero-order chi connectivity index (χ0) is 49.7. The number of carbonyl (C=O) groups excluding carboxylic acids is 5. The van der Waals surface area contributed by atoms with E-state index in [2.05, 4.69) is 6.58 Å². The monoisotopic (exact) mass is 974 g/mol. The van der Waals surface area contributed by atoms with Crippen molar-refractivity contribution in [2.24, 2.45) is 0 Å². The molecule has 12 atom stereocenters. The summed E-state index contributed by atoms with van der Waals surface area (Å²) in [6, 6.07) is 40.0. The highest BCUT2D eigenvalue weighted by atomic mass is 16.8. The first-order valence-electron chi connectivity index (χ1n) is 22.6. The van der Waals surface area contributed by atoms with Crippen molar-refractivity contribution in [3.8, 4) is 0 Å². The summed E-state index contributed by atoms with van der Waals surface area (Å²) in [4.78, 5) is 68.4. The van der Waals surface area contributed by atoms with Gasteiger partial charge in [0.1, 0.15) is 37.1 Å². The van der Waals surface area contributed by atoms with Crippen LogP contribution in [-0.2, 0) is 52.1 Å². The van der Waals surface area contributed by atoms with Crippen LogP contribution in [0.4, 0.5) is 0 Å². The van der Waals surface area contributed by atoms with E-state index in [0.29, 0.717) is 0 Å². The number of hydrogen-bond donors (Lipinski definition) is 2. The first kappa shape index (κ1) is 50.3. The van der Waals surface area contributed by atoms with Gasteiger partial charge in [-0.3, -0.25) is 0 Å². The smallest absolute Gasteiger partial charge is 0.338 e. The van der Waals surface area contributed by atoms with E-state index in [-0.39, 0.29) is 34.4 Å². The molecule has 8 rings (SSSR count). The van der Waals surface area contributed by atoms with Crippen LogP contribution in [0.5, 0.6) is 0 Å². The Kier molecular flexibility index (Phi) is 17.1. The summed E-state index contributed by atoms with van der Waals surface area (Å²) in [6.07, 6.45) is -15.7. The van der Waals surface area contributed by atoms with E-state index >= 15 is 0 Å². The lowest BCUT2D eigenvalue weighted by Crippen LogP contribution is -2.45. The minimum Gasteiger partial charge on any atom is -0.459 e. The van der Waals surface area contributed by atoms with Gasteiger partial charge in [0.05, 0.1) is 47.6 Å². The molecule has 71 heavy (non-hydrogen) atoms. The fourth-order valence-electron chi connectivity index (χ4n) is 7.87. The quantitative estimate of drug-likeness (QED) is 0.0602. The molecule has 370 valence electrons. The Morgan fingerprint density at radius 3 is 1.11 bits per heavy atom. The van der Waals surface area contributed by atoms with E-state index in [1.807, 2.05) is 0 Å². The SMILES string of the molecule is C=CCO[C@@H]1O[C@@H](CO[C@@H]2O[C@@H](CO[C@@H]3O[C@@H](COC(=O)c4ccccc4)[C@H](OC(=O)c4ccccc4)[C@H]3OC(=O)c3ccccc3)[C@H](OC(=O)c3ccccc3)[C@H]2OC(=O)c2ccccc2)[C@H](O)[C@H]1O. The normalized spacial score (nSPS) is 26.7. The molecular weight excluding hydrogens is 925 g/mol. The van der Waals surface area contributed by atoms with E-state index in [9.17, 15) is 34.2 Å². The largest absolute Gasteiger partial charge is 0.459 e. The van der Waals surface area contributed by atoms with Crippen molar-refractivity contribution in [2.45, 2.75) is 73.8 Å². The molecule has 3 aliphatic heterocycles. The maximum Gasteiger partial charge on any atom is 0.338 e. The lowest BCUT2D eigenvalue weighted by atomic mass is 10.1. The summed E-state index contributed by atoms with van der Waals surface area (Å²) in [5, 5.41) is 21.5. The third-order valence-corrected chi connectivity index (χ3v) is 11.5. The van der Waals surface area contributed by atoms with Crippen LogP contribution in [0.15, 0.2) is 164 Å². The van der Waals surface area contributed by atoms with Crippen LogP contribution in [0.3, 0.4) is 0 Å². The van der Waals surface area contributed by atoms with E-state index in [1.165, 1.54) is 54.6 Å². The Bertz CT molecular complexity index is 2550. The summed E-state index contributed by atoms with van der Waals surface area (Å²) in [6.45, 7) is 2.07. The lowest BCUT2D eigenvalue weighted by Gasteiger charge is -2.26. The van der Waals surface area contributed by atoms with Crippen molar-refractivity contribution in [3.05, 3.63) is 192 Å². The minimum atomic E-state index is -1.59. The standard InChI is InChI=1S/C53H50O18/c1-2-28-61-51-41(55)40(54)37(65-51)29-63-52-45(71-50(60)36-26-16-7-17-27-36)43(69-48(58)34-22-12-5-13-23-34)39(67-52)31-64-53-44(70-49(59)35-24-14-6-15-25-35)42(68-47(57)33-20-10-4-11-21-33)38(66-53)30-62-46(56)32-18-8-3-9-19-32/h2-27,37-45,51-55H,1,28-31H2/t37-,38-,39-,40-,41+,42-,43-,44+,45+,51+,52+,53+/m0/s1. The zero-order valence-corrected chi connectivity index (χ0v) is 37.9. The molecule has 3 saturated heterocycles. The molecule has 0 aliphatic carbocycles. The third kappa shape index (κ3) is 12.6. The Morgan fingerprint density at radius 2 is 0.732 bits per heavy atom. The second-order valence-corrected chi connectivity index (χ2v) is 16.3. The van der Waals surface area contributed by atoms with E-state index in [4.69, 9.17) is 52.1 Å². The summed E-state index contributed by atoms with van der Waals surface area (Å²) < 4.78 is 66.2. The molecule has 2 N–H and O–H groups in total. The summed E-state index contributed by atoms with van der Waals surface area (Å²) in [5.74, 6) is -4.08. The van der Waals surface area contributed by atoms with Gasteiger partial charge in [0.2, 0.25) is 0 Å². The maximum absolute atomic E-state index is 13.9. The molecular formula is C53H50O18. The number of rotatable bonds is 20. The molecule has 5 aromatic rings. The molecule has 18 nitrogen and oxygen atoms in total. The van der Waals surface area contributed by atoms with Crippen molar-refractivity contribution >= 4 is 29.8 Å². The van der Waals surface area contributed by atoms with Gasteiger partial charge >= 0.3 is 29.8 Å². The van der Waals surface area contributed by atoms with Crippen LogP contribution >= 0.6 is 0 Å². The van der Waals surface area contributed by atoms with Gasteiger partial charge in [-0.2, -0.15) is 0 Å². The van der Waals surface area contributed by atoms with Crippen LogP contribution in [0, 0.1) is 0 Å². The summed E-state index contributed by atoms with van der Waals surface area (Å²) >= 11 is 0. The first-order valence-corrected chi connectivity index (χ1v) is 22.6. The van der Waals surface area contributed by atoms with Crippen LogP contribution in [0.2, 0.25) is 0 Å². The predicted octanol–water partition coefficient (Wildman–Crippen LogP) is 4.88. The molecule has 3 heterocycles. The molecule has 0 amide bonds. The number of aliphatic hydroxyl groups excluding tert-OH is 2. The first-order chi connectivity index (χ1) is 34.6. The highest BCUT2D eigenvalue weighted by Gasteiger charge is 2.55. The number of ether oxygens (including phenoxy) is 11. The van der Waals surface area contributed by atoms with Gasteiger partial charge in [0.25, 0.3) is 0 Å². The second-order valence-electron chi connectivity index (χ2n) is 16.3. The molecule has 5 aromatic carbocycles. The predicted molar refractivity (Wildman–Crippen MR) is 245 cm³/mol. The maximum atomic E-state index is 13.9. The van der Waals surface area contributed by atoms with Crippen molar-refractivity contribution < 1.29 is 86.3 Å². The van der Waals surface area contributed by atoms with Crippen LogP contribution < -0.4 is 0 Å². The highest BCUT2D eigenvalue weighted by Crippen LogP contribution is 2.35. The van der Waals surface area contributed by atoms with Gasteiger partial charge in [0.15, 0.2) is 43.3 Å². The van der Waals surface area contributed by atoms with Crippen LogP contribution in [0.25, 0.3) is 0 Å². The molecule has 0 radical (unpaired) electrons. The van der Waals surface area contributed by atoms with E-state index in [1.54, 1.807) is 103 Å². The Morgan fingerprint density at radius 1 is 0.408 bits per heavy atom. The average molecular weight is 975 g/mol. The topological polar surface area (TPSA) is 227 Å². The lowest BCUT2D eigenvalue weighted by molar-refractivity contribution is -0.218. The fourth-order valence-corrected chi connectivity index (χ4v) is 7.87. The van der Waals surface area contributed by atoms with Gasteiger partial charge in [-0.15, -0.1) is 6.58 Å². The molecule has 0 unspecified atom stereocenters. The molecule has 3 aliphatic rings. The van der Waals surface area contributed by atoms with Gasteiger partial charge in [-0.25, -0.2) is 24.0 Å². The molecule has 0 saturated carbocycles. The summed E-state index contributed by atoms with van der Waals surface area (Å²) in [7, 11) is 0. The Hall–Kier alpha value is -7.13. The molecule has 0 bridgehead atoms. The van der Waals surface area contributed by atoms with Gasteiger partial charge in [-0.1, -0.05) is 97.1 Å². The second kappa shape index (κ2) is 24.1. The van der Waals surface area contributed by atoms with Gasteiger partial charge < -0.3 is 62.3 Å². The molecule has 3 fully saturated rings. The number of benzene rings is 5. The van der Waals surface area contributed by atoms with Crippen LogP contribution in [0.1, 0.15) is 51.8 Å². The minimum absolute atomic E-state index is 0.00816. The van der Waals surface area contributed by atoms with Gasteiger partial charge in [0, 0.05) is 0 Å². The van der Waals surface area contributed by atoms with Crippen molar-refractivity contribution in [1.29, 1.82) is 0 Å². The fraction of sp³-hybridized carbons (Fsp3) is 0.302. The Balaban J connectivity index is 1.10. The van der Waals surface area contributed by atoms with Crippen molar-refractivity contribution in [2.75, 3.05) is 26.4 Å². The number of hydrogen-bond acceptors (Lipinski definition) is 18. The molecule has 18 heteroatoms. The third-order valence-electron chi connectivity index (χ3n) is 11.5. The zero-order valence-electron chi connectivity index (χ0n) is 37.9. The van der Waals surface area contributed by atoms with Crippen molar-refractivity contribution in [3.63, 3.8) is 0 Å². The van der Waals surface area contributed by atoms with Crippen LogP contribution in [-0.4, -0.2) is 140 Å². The van der Waals surface area contributed by atoms with Crippen molar-refractivity contribution in [1.82, 2.24) is 0 Å². The number of aliphatic hydroxyl groups is 2.